The number of ether oxygens (including phenoxy) is 1. The van der Waals surface area contributed by atoms with E-state index in [0.29, 0.717) is 6.42 Å². The monoisotopic (exact) mass is 246 g/mol. The van der Waals surface area contributed by atoms with Crippen LogP contribution in [0.2, 0.25) is 0 Å². The van der Waals surface area contributed by atoms with E-state index in [-0.39, 0.29) is 18.6 Å². The maximum Gasteiger partial charge on any atom is 0.112 e. The average Bonchev–Trinajstić information content (AvgIpc) is 2.64. The van der Waals surface area contributed by atoms with Gasteiger partial charge in [-0.15, -0.1) is 0 Å². The maximum absolute atomic E-state index is 10.2. The van der Waals surface area contributed by atoms with Crippen LogP contribution in [0.3, 0.4) is 0 Å². The fourth-order valence-electron chi connectivity index (χ4n) is 3.21. The summed E-state index contributed by atoms with van der Waals surface area (Å²) in [6.07, 6.45) is -3.21. The molecule has 2 fully saturated rings. The molecule has 1 saturated carbocycles. The summed E-state index contributed by atoms with van der Waals surface area (Å²) >= 11 is 0. The second kappa shape index (κ2) is 3.65. The van der Waals surface area contributed by atoms with E-state index in [1.807, 2.05) is 20.8 Å². The van der Waals surface area contributed by atoms with Crippen molar-refractivity contribution in [2.24, 2.45) is 10.8 Å². The summed E-state index contributed by atoms with van der Waals surface area (Å²) in [6, 6.07) is 0. The van der Waals surface area contributed by atoms with Crippen molar-refractivity contribution in [3.05, 3.63) is 0 Å². The molecule has 0 radical (unpaired) electrons. The molecule has 2 bridgehead atoms. The van der Waals surface area contributed by atoms with Gasteiger partial charge >= 0.3 is 0 Å². The second-order valence-electron chi connectivity index (χ2n) is 6.51. The number of rotatable bonds is 1. The lowest BCUT2D eigenvalue weighted by molar-refractivity contribution is -0.216. The number of hydrogen-bond acceptors (Lipinski definition) is 5. The zero-order valence-electron chi connectivity index (χ0n) is 10.6. The minimum absolute atomic E-state index is 0.163. The zero-order chi connectivity index (χ0) is 13.1. The first-order valence-electron chi connectivity index (χ1n) is 5.99. The SMILES string of the molecule is CC(C)(C)C12C[C@@](CO)(CO1)[C@@H](O)[C@H](O)[C@H]2O. The van der Waals surface area contributed by atoms with Gasteiger partial charge in [-0.05, 0) is 11.8 Å². The van der Waals surface area contributed by atoms with Gasteiger partial charge in [-0.1, -0.05) is 20.8 Å². The van der Waals surface area contributed by atoms with Gasteiger partial charge in [0.1, 0.15) is 17.8 Å². The summed E-state index contributed by atoms with van der Waals surface area (Å²) in [5, 5.41) is 39.7. The van der Waals surface area contributed by atoms with E-state index in [9.17, 15) is 20.4 Å². The number of aliphatic hydroxyl groups is 4. The molecule has 1 aliphatic carbocycles. The molecular formula is C12H22O5. The van der Waals surface area contributed by atoms with Crippen LogP contribution >= 0.6 is 0 Å². The molecule has 1 unspecified atom stereocenters. The Kier molecular flexibility index (Phi) is 2.84. The van der Waals surface area contributed by atoms with Gasteiger partial charge in [0.2, 0.25) is 0 Å². The normalized spacial score (nSPS) is 50.6. The Labute approximate surface area is 101 Å². The van der Waals surface area contributed by atoms with Gasteiger partial charge in [0, 0.05) is 5.41 Å². The van der Waals surface area contributed by atoms with Crippen LogP contribution in [0.15, 0.2) is 0 Å². The minimum atomic E-state index is -1.28. The molecule has 1 saturated heterocycles. The first kappa shape index (κ1) is 13.2. The molecule has 5 atom stereocenters. The summed E-state index contributed by atoms with van der Waals surface area (Å²) < 4.78 is 5.75. The fraction of sp³-hybridized carbons (Fsp3) is 1.00. The van der Waals surface area contributed by atoms with Gasteiger partial charge in [-0.25, -0.2) is 0 Å². The lowest BCUT2D eigenvalue weighted by Crippen LogP contribution is -2.65. The number of aliphatic hydroxyl groups excluding tert-OH is 4. The van der Waals surface area contributed by atoms with Crippen LogP contribution in [0, 0.1) is 10.8 Å². The van der Waals surface area contributed by atoms with Crippen molar-refractivity contribution < 1.29 is 25.2 Å². The molecule has 0 aromatic heterocycles. The van der Waals surface area contributed by atoms with Crippen LogP contribution in [0.25, 0.3) is 0 Å². The third-order valence-electron chi connectivity index (χ3n) is 4.57. The molecule has 1 heterocycles. The molecule has 5 heteroatoms. The minimum Gasteiger partial charge on any atom is -0.396 e. The highest BCUT2D eigenvalue weighted by Gasteiger charge is 2.68. The third kappa shape index (κ3) is 1.50. The van der Waals surface area contributed by atoms with E-state index < -0.39 is 29.3 Å². The van der Waals surface area contributed by atoms with Crippen molar-refractivity contribution in [3.8, 4) is 0 Å². The lowest BCUT2D eigenvalue weighted by Gasteiger charge is -2.51. The van der Waals surface area contributed by atoms with Crippen molar-refractivity contribution in [1.82, 2.24) is 0 Å². The average molecular weight is 246 g/mol. The first-order valence-corrected chi connectivity index (χ1v) is 5.99. The number of fused-ring (bicyclic) bond motifs is 2. The predicted molar refractivity (Wildman–Crippen MR) is 60.3 cm³/mol. The molecule has 0 spiro atoms. The standard InChI is InChI=1S/C12H22O5/c1-10(2,3)12-4-11(5-13,6-17-12)8(15)7(14)9(12)16/h7-9,13-16H,4-6H2,1-3H3/t7-,8-,9+,11+,12?/m0/s1. The molecule has 100 valence electrons. The van der Waals surface area contributed by atoms with Gasteiger partial charge in [0.05, 0.1) is 19.3 Å². The van der Waals surface area contributed by atoms with Crippen molar-refractivity contribution in [2.75, 3.05) is 13.2 Å². The second-order valence-corrected chi connectivity index (χ2v) is 6.51. The van der Waals surface area contributed by atoms with Crippen LogP contribution < -0.4 is 0 Å². The predicted octanol–water partition coefficient (Wildman–Crippen LogP) is -0.733. The third-order valence-corrected chi connectivity index (χ3v) is 4.57. The van der Waals surface area contributed by atoms with Crippen LogP contribution in [0.1, 0.15) is 27.2 Å². The largest absolute Gasteiger partial charge is 0.396 e. The van der Waals surface area contributed by atoms with Crippen molar-refractivity contribution in [1.29, 1.82) is 0 Å². The number of hydrogen-bond donors (Lipinski definition) is 4. The van der Waals surface area contributed by atoms with Crippen LogP contribution in [0.4, 0.5) is 0 Å². The van der Waals surface area contributed by atoms with E-state index in [4.69, 9.17) is 4.74 Å². The molecule has 1 aliphatic heterocycles. The van der Waals surface area contributed by atoms with Crippen molar-refractivity contribution in [3.63, 3.8) is 0 Å². The Morgan fingerprint density at radius 3 is 2.24 bits per heavy atom. The molecule has 4 N–H and O–H groups in total. The molecule has 0 aromatic carbocycles. The molecule has 2 rings (SSSR count). The van der Waals surface area contributed by atoms with E-state index in [2.05, 4.69) is 0 Å². The Hall–Kier alpha value is -0.200. The lowest BCUT2D eigenvalue weighted by atomic mass is 9.59. The topological polar surface area (TPSA) is 90.2 Å². The summed E-state index contributed by atoms with van der Waals surface area (Å²) in [7, 11) is 0. The molecular weight excluding hydrogens is 224 g/mol. The van der Waals surface area contributed by atoms with Crippen molar-refractivity contribution in [2.45, 2.75) is 51.1 Å². The molecule has 17 heavy (non-hydrogen) atoms. The van der Waals surface area contributed by atoms with E-state index in [0.717, 1.165) is 0 Å². The van der Waals surface area contributed by atoms with Crippen LogP contribution in [0.5, 0.6) is 0 Å². The zero-order valence-corrected chi connectivity index (χ0v) is 10.6. The first-order chi connectivity index (χ1) is 7.70. The van der Waals surface area contributed by atoms with Gasteiger partial charge in [-0.3, -0.25) is 0 Å². The van der Waals surface area contributed by atoms with Gasteiger partial charge in [0.25, 0.3) is 0 Å². The highest BCUT2D eigenvalue weighted by atomic mass is 16.5. The molecule has 2 aliphatic rings. The quantitative estimate of drug-likeness (QED) is 0.489. The molecule has 0 amide bonds. The summed E-state index contributed by atoms with van der Waals surface area (Å²) in [5.41, 5.74) is -2.15. The molecule has 0 aromatic rings. The smallest absolute Gasteiger partial charge is 0.112 e. The highest BCUT2D eigenvalue weighted by molar-refractivity contribution is 5.17. The van der Waals surface area contributed by atoms with E-state index in [1.165, 1.54) is 0 Å². The Morgan fingerprint density at radius 1 is 1.18 bits per heavy atom. The Morgan fingerprint density at radius 2 is 1.76 bits per heavy atom. The fourth-order valence-corrected chi connectivity index (χ4v) is 3.21. The van der Waals surface area contributed by atoms with E-state index >= 15 is 0 Å². The maximum atomic E-state index is 10.2. The van der Waals surface area contributed by atoms with Crippen molar-refractivity contribution >= 4 is 0 Å². The summed E-state index contributed by atoms with van der Waals surface area (Å²) in [4.78, 5) is 0. The highest BCUT2D eigenvalue weighted by Crippen LogP contribution is 2.56. The summed E-state index contributed by atoms with van der Waals surface area (Å²) in [6.45, 7) is 5.68. The van der Waals surface area contributed by atoms with Crippen LogP contribution in [-0.4, -0.2) is 57.6 Å². The van der Waals surface area contributed by atoms with E-state index in [1.54, 1.807) is 0 Å². The Balaban J connectivity index is 2.45. The van der Waals surface area contributed by atoms with Gasteiger partial charge in [-0.2, -0.15) is 0 Å². The van der Waals surface area contributed by atoms with Gasteiger partial charge in [0.15, 0.2) is 0 Å². The summed E-state index contributed by atoms with van der Waals surface area (Å²) in [5.74, 6) is 0. The van der Waals surface area contributed by atoms with Crippen LogP contribution in [-0.2, 0) is 4.74 Å². The Bertz CT molecular complexity index is 313. The van der Waals surface area contributed by atoms with Gasteiger partial charge < -0.3 is 25.2 Å². The molecule has 5 nitrogen and oxygen atoms in total.